The third-order valence-electron chi connectivity index (χ3n) is 2.81. The van der Waals surface area contributed by atoms with Crippen LogP contribution in [0.2, 0.25) is 0 Å². The zero-order valence-corrected chi connectivity index (χ0v) is 8.63. The Morgan fingerprint density at radius 2 is 2.19 bits per heavy atom. The lowest BCUT2D eigenvalue weighted by atomic mass is 10.2. The number of pyridine rings is 1. The summed E-state index contributed by atoms with van der Waals surface area (Å²) in [6.07, 6.45) is 3.62. The van der Waals surface area contributed by atoms with Crippen LogP contribution in [0.1, 0.15) is 5.69 Å². The Labute approximate surface area is 91.6 Å². The van der Waals surface area contributed by atoms with E-state index in [0.717, 1.165) is 24.6 Å². The highest BCUT2D eigenvalue weighted by Crippen LogP contribution is 2.22. The van der Waals surface area contributed by atoms with Gasteiger partial charge in [0, 0.05) is 37.6 Å². The number of imidazole rings is 1. The maximum atomic E-state index is 11.3. The Balaban J connectivity index is 2.24. The summed E-state index contributed by atoms with van der Waals surface area (Å²) in [7, 11) is 0. The van der Waals surface area contributed by atoms with Crippen LogP contribution in [0.4, 0.5) is 0 Å². The summed E-state index contributed by atoms with van der Waals surface area (Å²) in [4.78, 5) is 15.6. The van der Waals surface area contributed by atoms with E-state index in [-0.39, 0.29) is 12.0 Å². The summed E-state index contributed by atoms with van der Waals surface area (Å²) in [5, 5.41) is 9.05. The zero-order chi connectivity index (χ0) is 11.1. The molecule has 0 aromatic carbocycles. The summed E-state index contributed by atoms with van der Waals surface area (Å²) in [6, 6.07) is 3.13. The van der Waals surface area contributed by atoms with Gasteiger partial charge in [-0.15, -0.1) is 0 Å². The Bertz CT molecular complexity index is 598. The van der Waals surface area contributed by atoms with Crippen LogP contribution in [-0.2, 0) is 19.7 Å². The Kier molecular flexibility index (Phi) is 1.94. The van der Waals surface area contributed by atoms with E-state index < -0.39 is 0 Å². The summed E-state index contributed by atoms with van der Waals surface area (Å²) in [6.45, 7) is 1.57. The van der Waals surface area contributed by atoms with E-state index in [0.29, 0.717) is 5.69 Å². The minimum absolute atomic E-state index is 0.0201. The number of aryl methyl sites for hydroxylation is 2. The normalized spacial score (nSPS) is 13.3. The van der Waals surface area contributed by atoms with Gasteiger partial charge in [0.25, 0.3) is 0 Å². The molecule has 0 saturated carbocycles. The Hall–Kier alpha value is -1.88. The number of hydrogen-bond acceptors (Lipinski definition) is 3. The van der Waals surface area contributed by atoms with E-state index in [4.69, 9.17) is 5.11 Å². The van der Waals surface area contributed by atoms with Crippen LogP contribution >= 0.6 is 0 Å². The number of fused-ring (bicyclic) bond motifs is 3. The molecule has 0 fully saturated rings. The van der Waals surface area contributed by atoms with Crippen LogP contribution in [0.5, 0.6) is 0 Å². The van der Waals surface area contributed by atoms with Gasteiger partial charge in [-0.1, -0.05) is 0 Å². The molecule has 0 aliphatic carbocycles. The van der Waals surface area contributed by atoms with Gasteiger partial charge in [0.2, 0.25) is 0 Å². The van der Waals surface area contributed by atoms with E-state index in [1.54, 1.807) is 18.3 Å². The van der Waals surface area contributed by atoms with Crippen molar-refractivity contribution < 1.29 is 5.11 Å². The fourth-order valence-electron chi connectivity index (χ4n) is 2.03. The van der Waals surface area contributed by atoms with Gasteiger partial charge in [-0.2, -0.15) is 0 Å². The zero-order valence-electron chi connectivity index (χ0n) is 8.63. The SMILES string of the molecule is O=c1ccn2c(c1)-c1nc(CO)cn1CC2. The molecule has 5 heteroatoms. The second-order valence-corrected chi connectivity index (χ2v) is 3.85. The molecule has 1 aliphatic rings. The van der Waals surface area contributed by atoms with Gasteiger partial charge in [-0.3, -0.25) is 4.79 Å². The number of rotatable bonds is 1. The van der Waals surface area contributed by atoms with Crippen molar-refractivity contribution in [1.82, 2.24) is 14.1 Å². The molecule has 0 atom stereocenters. The number of aliphatic hydroxyl groups excluding tert-OH is 1. The van der Waals surface area contributed by atoms with E-state index in [9.17, 15) is 4.79 Å². The van der Waals surface area contributed by atoms with Crippen LogP contribution in [-0.4, -0.2) is 19.2 Å². The highest BCUT2D eigenvalue weighted by molar-refractivity contribution is 5.52. The number of hydrogen-bond donors (Lipinski definition) is 1. The average molecular weight is 217 g/mol. The predicted molar refractivity (Wildman–Crippen MR) is 57.8 cm³/mol. The molecule has 0 radical (unpaired) electrons. The monoisotopic (exact) mass is 217 g/mol. The molecule has 5 nitrogen and oxygen atoms in total. The van der Waals surface area contributed by atoms with Crippen LogP contribution in [0, 0.1) is 0 Å². The molecule has 2 aromatic heterocycles. The van der Waals surface area contributed by atoms with Crippen molar-refractivity contribution in [2.24, 2.45) is 0 Å². The molecule has 3 rings (SSSR count). The molecule has 3 heterocycles. The molecule has 0 bridgehead atoms. The molecule has 16 heavy (non-hydrogen) atoms. The lowest BCUT2D eigenvalue weighted by molar-refractivity contribution is 0.277. The molecule has 82 valence electrons. The maximum Gasteiger partial charge on any atom is 0.182 e. The molecule has 0 saturated heterocycles. The van der Waals surface area contributed by atoms with Crippen LogP contribution < -0.4 is 5.43 Å². The topological polar surface area (TPSA) is 60.1 Å². The summed E-state index contributed by atoms with van der Waals surface area (Å²) in [5.41, 5.74) is 1.44. The highest BCUT2D eigenvalue weighted by atomic mass is 16.3. The standard InChI is InChI=1S/C11H11N3O2/c15-7-8-6-14-4-3-13-2-1-9(16)5-10(13)11(14)12-8/h1-2,5-6,15H,3-4,7H2. The molecular formula is C11H11N3O2. The molecule has 1 N–H and O–H groups in total. The van der Waals surface area contributed by atoms with Crippen molar-refractivity contribution in [2.45, 2.75) is 19.7 Å². The molecular weight excluding hydrogens is 206 g/mol. The first-order valence-electron chi connectivity index (χ1n) is 5.16. The summed E-state index contributed by atoms with van der Waals surface area (Å²) in [5.74, 6) is 0.757. The maximum absolute atomic E-state index is 11.3. The molecule has 1 aliphatic heterocycles. The van der Waals surface area contributed by atoms with E-state index in [2.05, 4.69) is 4.98 Å². The van der Waals surface area contributed by atoms with Gasteiger partial charge in [0.15, 0.2) is 11.3 Å². The first-order chi connectivity index (χ1) is 7.78. The van der Waals surface area contributed by atoms with Crippen molar-refractivity contribution in [3.63, 3.8) is 0 Å². The van der Waals surface area contributed by atoms with Gasteiger partial charge in [0.05, 0.1) is 18.0 Å². The predicted octanol–water partition coefficient (Wildman–Crippen LogP) is 0.218. The quantitative estimate of drug-likeness (QED) is 0.743. The van der Waals surface area contributed by atoms with Crippen LogP contribution in [0.25, 0.3) is 11.5 Å². The largest absolute Gasteiger partial charge is 0.390 e. The second kappa shape index (κ2) is 3.31. The molecule has 0 spiro atoms. The third-order valence-corrected chi connectivity index (χ3v) is 2.81. The second-order valence-electron chi connectivity index (χ2n) is 3.85. The van der Waals surface area contributed by atoms with Gasteiger partial charge in [-0.25, -0.2) is 4.98 Å². The number of aromatic nitrogens is 3. The van der Waals surface area contributed by atoms with Crippen LogP contribution in [0.3, 0.4) is 0 Å². The minimum Gasteiger partial charge on any atom is -0.390 e. The lowest BCUT2D eigenvalue weighted by Crippen LogP contribution is -2.19. The highest BCUT2D eigenvalue weighted by Gasteiger charge is 2.17. The molecule has 2 aromatic rings. The third kappa shape index (κ3) is 1.29. The first kappa shape index (κ1) is 9.35. The summed E-state index contributed by atoms with van der Waals surface area (Å²) < 4.78 is 3.98. The fraction of sp³-hybridized carbons (Fsp3) is 0.273. The van der Waals surface area contributed by atoms with Crippen molar-refractivity contribution in [3.05, 3.63) is 40.4 Å². The Morgan fingerprint density at radius 3 is 3.00 bits per heavy atom. The minimum atomic E-state index is -0.0724. The van der Waals surface area contributed by atoms with Gasteiger partial charge in [-0.05, 0) is 0 Å². The van der Waals surface area contributed by atoms with Crippen molar-refractivity contribution in [1.29, 1.82) is 0 Å². The first-order valence-corrected chi connectivity index (χ1v) is 5.16. The van der Waals surface area contributed by atoms with Crippen molar-refractivity contribution >= 4 is 0 Å². The van der Waals surface area contributed by atoms with E-state index in [1.165, 1.54) is 0 Å². The van der Waals surface area contributed by atoms with Crippen molar-refractivity contribution in [2.75, 3.05) is 0 Å². The number of nitrogens with zero attached hydrogens (tertiary/aromatic N) is 3. The smallest absolute Gasteiger partial charge is 0.182 e. The van der Waals surface area contributed by atoms with E-state index in [1.807, 2.05) is 15.3 Å². The Morgan fingerprint density at radius 1 is 1.38 bits per heavy atom. The number of aliphatic hydroxyl groups is 1. The fourth-order valence-corrected chi connectivity index (χ4v) is 2.03. The molecule has 0 unspecified atom stereocenters. The average Bonchev–Trinajstić information content (AvgIpc) is 2.72. The van der Waals surface area contributed by atoms with E-state index >= 15 is 0 Å². The van der Waals surface area contributed by atoms with Gasteiger partial charge >= 0.3 is 0 Å². The summed E-state index contributed by atoms with van der Waals surface area (Å²) >= 11 is 0. The molecule has 0 amide bonds. The van der Waals surface area contributed by atoms with Crippen molar-refractivity contribution in [3.8, 4) is 11.5 Å². The van der Waals surface area contributed by atoms with Crippen LogP contribution in [0.15, 0.2) is 29.3 Å². The van der Waals surface area contributed by atoms with Gasteiger partial charge in [0.1, 0.15) is 0 Å². The lowest BCUT2D eigenvalue weighted by Gasteiger charge is -2.19. The van der Waals surface area contributed by atoms with Gasteiger partial charge < -0.3 is 14.2 Å².